The molecular weight excluding hydrogens is 602 g/mol. The maximum atomic E-state index is 11.3. The van der Waals surface area contributed by atoms with Gasteiger partial charge in [-0.15, -0.1) is 0 Å². The van der Waals surface area contributed by atoms with Gasteiger partial charge in [0.05, 0.1) is 30.2 Å². The highest BCUT2D eigenvalue weighted by molar-refractivity contribution is 7.85. The average molecular weight is 662 g/mol. The van der Waals surface area contributed by atoms with Crippen LogP contribution >= 0.6 is 0 Å². The van der Waals surface area contributed by atoms with Gasteiger partial charge in [0.25, 0.3) is 10.1 Å². The SMILES string of the molecule is CCCCCCCCCCCCCCCCC(Cc1ccccc1)CN(C)C.COC(=O)c1cc(C(=O)OC)cc(S(=O)(=O)O)c1. The van der Waals surface area contributed by atoms with Gasteiger partial charge in [0.15, 0.2) is 0 Å². The van der Waals surface area contributed by atoms with Crippen molar-refractivity contribution in [3.63, 3.8) is 0 Å². The zero-order valence-electron chi connectivity index (χ0n) is 29.0. The van der Waals surface area contributed by atoms with E-state index in [2.05, 4.69) is 65.7 Å². The van der Waals surface area contributed by atoms with Crippen LogP contribution in [0.5, 0.6) is 0 Å². The number of hydrogen-bond donors (Lipinski definition) is 1. The predicted octanol–water partition coefficient (Wildman–Crippen LogP) is 8.78. The molecule has 2 aromatic carbocycles. The molecule has 1 atom stereocenters. The predicted molar refractivity (Wildman–Crippen MR) is 186 cm³/mol. The molecule has 0 aliphatic heterocycles. The molecule has 0 aromatic heterocycles. The van der Waals surface area contributed by atoms with Gasteiger partial charge in [-0.1, -0.05) is 127 Å². The van der Waals surface area contributed by atoms with Crippen molar-refractivity contribution in [3.8, 4) is 0 Å². The first kappa shape index (κ1) is 41.3. The smallest absolute Gasteiger partial charge is 0.337 e. The molecule has 0 saturated heterocycles. The van der Waals surface area contributed by atoms with E-state index in [1.165, 1.54) is 115 Å². The Morgan fingerprint density at radius 1 is 0.717 bits per heavy atom. The number of unbranched alkanes of at least 4 members (excludes halogenated alkanes) is 13. The molecular formula is C37H59NO7S. The van der Waals surface area contributed by atoms with Gasteiger partial charge in [0, 0.05) is 6.54 Å². The topological polar surface area (TPSA) is 110 Å². The van der Waals surface area contributed by atoms with Gasteiger partial charge in [0.2, 0.25) is 0 Å². The van der Waals surface area contributed by atoms with Gasteiger partial charge in [-0.3, -0.25) is 4.55 Å². The van der Waals surface area contributed by atoms with Crippen LogP contribution in [0.1, 0.15) is 130 Å². The van der Waals surface area contributed by atoms with Gasteiger partial charge in [0.1, 0.15) is 0 Å². The molecule has 46 heavy (non-hydrogen) atoms. The number of carbonyl (C=O) groups excluding carboxylic acids is 2. The van der Waals surface area contributed by atoms with E-state index in [0.717, 1.165) is 38.3 Å². The number of ether oxygens (including phenoxy) is 2. The summed E-state index contributed by atoms with van der Waals surface area (Å²) in [6, 6.07) is 13.9. The van der Waals surface area contributed by atoms with Crippen LogP contribution in [0.3, 0.4) is 0 Å². The summed E-state index contributed by atoms with van der Waals surface area (Å²) in [4.78, 5) is 24.4. The number of hydrogen-bond acceptors (Lipinski definition) is 7. The van der Waals surface area contributed by atoms with Crippen LogP contribution < -0.4 is 0 Å². The van der Waals surface area contributed by atoms with Crippen LogP contribution in [0.25, 0.3) is 0 Å². The Morgan fingerprint density at radius 3 is 1.54 bits per heavy atom. The van der Waals surface area contributed by atoms with Crippen LogP contribution in [0.2, 0.25) is 0 Å². The number of rotatable bonds is 22. The van der Waals surface area contributed by atoms with E-state index in [4.69, 9.17) is 4.55 Å². The molecule has 0 saturated carbocycles. The average Bonchev–Trinajstić information content (AvgIpc) is 3.04. The zero-order valence-corrected chi connectivity index (χ0v) is 29.8. The van der Waals surface area contributed by atoms with E-state index in [9.17, 15) is 18.0 Å². The van der Waals surface area contributed by atoms with E-state index in [-0.39, 0.29) is 11.1 Å². The third-order valence-electron chi connectivity index (χ3n) is 8.00. The molecule has 9 heteroatoms. The minimum absolute atomic E-state index is 0.187. The van der Waals surface area contributed by atoms with Crippen LogP contribution in [0.4, 0.5) is 0 Å². The lowest BCUT2D eigenvalue weighted by Gasteiger charge is -2.21. The molecule has 0 aliphatic rings. The summed E-state index contributed by atoms with van der Waals surface area (Å²) < 4.78 is 39.7. The third-order valence-corrected chi connectivity index (χ3v) is 8.83. The molecule has 2 aromatic rings. The molecule has 2 rings (SSSR count). The van der Waals surface area contributed by atoms with Gasteiger partial charge in [-0.25, -0.2) is 9.59 Å². The summed E-state index contributed by atoms with van der Waals surface area (Å²) in [5.41, 5.74) is 1.13. The highest BCUT2D eigenvalue weighted by atomic mass is 32.2. The largest absolute Gasteiger partial charge is 0.465 e. The second kappa shape index (κ2) is 24.4. The molecule has 0 aliphatic carbocycles. The molecule has 8 nitrogen and oxygen atoms in total. The standard InChI is InChI=1S/C27H49N.C10H10O7S/c1-4-5-6-7-8-9-10-11-12-13-14-15-16-18-23-27(25-28(2)3)24-26-21-19-17-20-22-26;1-16-9(11)6-3-7(10(12)17-2)5-8(4-6)18(13,14)15/h17,19-22,27H,4-16,18,23-25H2,1-3H3;3-5H,1-2H3,(H,13,14,15). The normalized spacial score (nSPS) is 11.9. The molecule has 0 bridgehead atoms. The summed E-state index contributed by atoms with van der Waals surface area (Å²) >= 11 is 0. The fourth-order valence-electron chi connectivity index (χ4n) is 5.57. The maximum absolute atomic E-state index is 11.3. The summed E-state index contributed by atoms with van der Waals surface area (Å²) in [6.45, 7) is 3.51. The Kier molecular flexibility index (Phi) is 21.9. The van der Waals surface area contributed by atoms with Gasteiger partial charge < -0.3 is 14.4 Å². The molecule has 260 valence electrons. The molecule has 0 heterocycles. The summed E-state index contributed by atoms with van der Waals surface area (Å²) in [5, 5.41) is 0. The first-order valence-corrected chi connectivity index (χ1v) is 18.4. The van der Waals surface area contributed by atoms with Crippen LogP contribution in [-0.4, -0.2) is 64.7 Å². The number of benzene rings is 2. The van der Waals surface area contributed by atoms with Crippen LogP contribution in [0, 0.1) is 5.92 Å². The van der Waals surface area contributed by atoms with Crippen molar-refractivity contribution in [2.75, 3.05) is 34.9 Å². The quantitative estimate of drug-likeness (QED) is 0.0758. The number of nitrogens with zero attached hydrogens (tertiary/aromatic N) is 1. The number of methoxy groups -OCH3 is 2. The summed E-state index contributed by atoms with van der Waals surface area (Å²) in [7, 11) is 2.07. The molecule has 0 radical (unpaired) electrons. The molecule has 0 amide bonds. The van der Waals surface area contributed by atoms with E-state index < -0.39 is 27.0 Å². The lowest BCUT2D eigenvalue weighted by atomic mass is 9.93. The fraction of sp³-hybridized carbons (Fsp3) is 0.622. The monoisotopic (exact) mass is 661 g/mol. The lowest BCUT2D eigenvalue weighted by Crippen LogP contribution is -2.23. The molecule has 1 unspecified atom stereocenters. The molecule has 0 spiro atoms. The van der Waals surface area contributed by atoms with Crippen molar-refractivity contribution >= 4 is 22.1 Å². The Bertz CT molecular complexity index is 1180. The third kappa shape index (κ3) is 19.0. The Morgan fingerprint density at radius 2 is 1.15 bits per heavy atom. The highest BCUT2D eigenvalue weighted by Crippen LogP contribution is 2.19. The molecule has 1 N–H and O–H groups in total. The summed E-state index contributed by atoms with van der Waals surface area (Å²) in [5.74, 6) is -0.883. The van der Waals surface area contributed by atoms with Crippen molar-refractivity contribution in [2.24, 2.45) is 5.92 Å². The molecule has 0 fully saturated rings. The summed E-state index contributed by atoms with van der Waals surface area (Å²) in [6.07, 6.45) is 22.9. The van der Waals surface area contributed by atoms with Crippen LogP contribution in [-0.2, 0) is 26.0 Å². The van der Waals surface area contributed by atoms with Gasteiger partial charge in [-0.2, -0.15) is 8.42 Å². The maximum Gasteiger partial charge on any atom is 0.337 e. The first-order chi connectivity index (χ1) is 22.0. The van der Waals surface area contributed by atoms with Gasteiger partial charge >= 0.3 is 11.9 Å². The minimum atomic E-state index is -4.55. The number of esters is 2. The van der Waals surface area contributed by atoms with E-state index in [0.29, 0.717) is 0 Å². The highest BCUT2D eigenvalue weighted by Gasteiger charge is 2.19. The van der Waals surface area contributed by atoms with Crippen molar-refractivity contribution in [3.05, 3.63) is 65.2 Å². The van der Waals surface area contributed by atoms with E-state index >= 15 is 0 Å². The second-order valence-corrected chi connectivity index (χ2v) is 13.8. The minimum Gasteiger partial charge on any atom is -0.465 e. The zero-order chi connectivity index (χ0) is 34.2. The fourth-order valence-corrected chi connectivity index (χ4v) is 6.12. The van der Waals surface area contributed by atoms with Crippen molar-refractivity contribution < 1.29 is 32.0 Å². The number of carbonyl (C=O) groups is 2. The second-order valence-electron chi connectivity index (χ2n) is 12.4. The Labute approximate surface area is 279 Å². The van der Waals surface area contributed by atoms with Crippen molar-refractivity contribution in [1.82, 2.24) is 4.90 Å². The van der Waals surface area contributed by atoms with E-state index in [1.54, 1.807) is 0 Å². The van der Waals surface area contributed by atoms with E-state index in [1.807, 2.05) is 0 Å². The Balaban J connectivity index is 0.000000506. The van der Waals surface area contributed by atoms with Gasteiger partial charge in [-0.05, 0) is 56.6 Å². The van der Waals surface area contributed by atoms with Crippen molar-refractivity contribution in [2.45, 2.75) is 115 Å². The van der Waals surface area contributed by atoms with Crippen molar-refractivity contribution in [1.29, 1.82) is 0 Å². The Hall–Kier alpha value is -2.75. The lowest BCUT2D eigenvalue weighted by molar-refractivity contribution is 0.0598. The van der Waals surface area contributed by atoms with Crippen LogP contribution in [0.15, 0.2) is 53.4 Å². The first-order valence-electron chi connectivity index (χ1n) is 17.0.